The molecular weight excluding hydrogens is 248 g/mol. The third-order valence-electron chi connectivity index (χ3n) is 2.64. The first-order chi connectivity index (χ1) is 8.08. The van der Waals surface area contributed by atoms with Crippen LogP contribution in [0.5, 0.6) is 0 Å². The summed E-state index contributed by atoms with van der Waals surface area (Å²) in [6.07, 6.45) is -0.530. The monoisotopic (exact) mass is 259 g/mol. The van der Waals surface area contributed by atoms with Crippen molar-refractivity contribution in [2.45, 2.75) is 30.7 Å². The number of nitrogens with one attached hydrogen (secondary N) is 1. The summed E-state index contributed by atoms with van der Waals surface area (Å²) in [4.78, 5) is 11.6. The number of hydrogen-bond acceptors (Lipinski definition) is 1. The largest absolute Gasteiger partial charge is 0.352 e. The summed E-state index contributed by atoms with van der Waals surface area (Å²) in [6.45, 7) is 0. The van der Waals surface area contributed by atoms with Crippen LogP contribution in [0, 0.1) is 0 Å². The van der Waals surface area contributed by atoms with Crippen molar-refractivity contribution in [3.8, 4) is 0 Å². The van der Waals surface area contributed by atoms with Crippen molar-refractivity contribution in [2.24, 2.45) is 0 Å². The Kier molecular flexibility index (Phi) is 3.62. The zero-order chi connectivity index (χ0) is 12.4. The van der Waals surface area contributed by atoms with Crippen LogP contribution >= 0.6 is 11.6 Å². The Morgan fingerprint density at radius 1 is 1.24 bits per heavy atom. The van der Waals surface area contributed by atoms with E-state index < -0.39 is 11.8 Å². The molecule has 1 amide bonds. The Labute approximate surface area is 103 Å². The molecule has 0 aliphatic heterocycles. The molecule has 1 aromatic carbocycles. The summed E-state index contributed by atoms with van der Waals surface area (Å²) in [5.41, 5.74) is 0.467. The molecule has 1 aliphatic carbocycles. The lowest BCUT2D eigenvalue weighted by atomic mass is 10.1. The van der Waals surface area contributed by atoms with E-state index in [0.29, 0.717) is 5.56 Å². The molecule has 0 radical (unpaired) electrons. The third-order valence-corrected chi connectivity index (χ3v) is 3.09. The van der Waals surface area contributed by atoms with Crippen LogP contribution in [0.15, 0.2) is 24.3 Å². The number of rotatable bonds is 4. The predicted molar refractivity (Wildman–Crippen MR) is 61.2 cm³/mol. The summed E-state index contributed by atoms with van der Waals surface area (Å²) < 4.78 is 24.7. The van der Waals surface area contributed by atoms with Gasteiger partial charge in [-0.1, -0.05) is 24.3 Å². The van der Waals surface area contributed by atoms with Crippen molar-refractivity contribution < 1.29 is 13.6 Å². The minimum Gasteiger partial charge on any atom is -0.352 e. The molecular formula is C12H12ClF2NO. The fourth-order valence-corrected chi connectivity index (χ4v) is 1.67. The molecule has 0 heterocycles. The van der Waals surface area contributed by atoms with Gasteiger partial charge in [0.15, 0.2) is 0 Å². The molecule has 92 valence electrons. The second-order valence-corrected chi connectivity index (χ2v) is 4.55. The molecule has 2 nitrogen and oxygen atoms in total. The van der Waals surface area contributed by atoms with E-state index in [2.05, 4.69) is 5.32 Å². The molecule has 0 aromatic heterocycles. The standard InChI is InChI=1S/C12H12ClF2NO/c13-10(12(17)16-9-5-6-9)7-1-3-8(4-2-7)11(14)15/h1-4,9-11H,5-6H2,(H,16,17). The minimum absolute atomic E-state index is 0.0692. The molecule has 0 bridgehead atoms. The molecule has 1 saturated carbocycles. The molecule has 1 aliphatic rings. The molecule has 17 heavy (non-hydrogen) atoms. The van der Waals surface area contributed by atoms with Gasteiger partial charge in [-0.05, 0) is 18.4 Å². The molecule has 2 rings (SSSR count). The van der Waals surface area contributed by atoms with Crippen LogP contribution in [-0.4, -0.2) is 11.9 Å². The molecule has 1 atom stereocenters. The molecule has 0 spiro atoms. The zero-order valence-electron chi connectivity index (χ0n) is 9.00. The summed E-state index contributed by atoms with van der Waals surface area (Å²) in [5, 5.41) is 1.95. The first kappa shape index (κ1) is 12.3. The highest BCUT2D eigenvalue weighted by Gasteiger charge is 2.27. The lowest BCUT2D eigenvalue weighted by molar-refractivity contribution is -0.121. The Hall–Kier alpha value is -1.16. The van der Waals surface area contributed by atoms with Crippen LogP contribution in [-0.2, 0) is 4.79 Å². The van der Waals surface area contributed by atoms with Gasteiger partial charge in [-0.25, -0.2) is 8.78 Å². The van der Waals surface area contributed by atoms with Gasteiger partial charge in [0.05, 0.1) is 0 Å². The Bertz CT molecular complexity index is 403. The van der Waals surface area contributed by atoms with E-state index >= 15 is 0 Å². The number of hydrogen-bond donors (Lipinski definition) is 1. The average molecular weight is 260 g/mol. The normalized spacial score (nSPS) is 16.9. The number of halogens is 3. The van der Waals surface area contributed by atoms with E-state index in [1.165, 1.54) is 24.3 Å². The van der Waals surface area contributed by atoms with Gasteiger partial charge < -0.3 is 5.32 Å². The number of alkyl halides is 3. The van der Waals surface area contributed by atoms with Crippen molar-refractivity contribution in [1.82, 2.24) is 5.32 Å². The highest BCUT2D eigenvalue weighted by molar-refractivity contribution is 6.30. The maximum atomic E-state index is 12.3. The first-order valence-electron chi connectivity index (χ1n) is 5.40. The van der Waals surface area contributed by atoms with Crippen LogP contribution < -0.4 is 5.32 Å². The molecule has 5 heteroatoms. The number of benzene rings is 1. The van der Waals surface area contributed by atoms with Gasteiger partial charge in [0.25, 0.3) is 6.43 Å². The van der Waals surface area contributed by atoms with Crippen LogP contribution in [0.1, 0.15) is 35.8 Å². The number of carbonyl (C=O) groups excluding carboxylic acids is 1. The Balaban J connectivity index is 2.02. The van der Waals surface area contributed by atoms with E-state index in [-0.39, 0.29) is 17.5 Å². The van der Waals surface area contributed by atoms with E-state index in [1.54, 1.807) is 0 Å². The van der Waals surface area contributed by atoms with Crippen LogP contribution in [0.25, 0.3) is 0 Å². The molecule has 1 N–H and O–H groups in total. The summed E-state index contributed by atoms with van der Waals surface area (Å²) in [7, 11) is 0. The number of amides is 1. The second-order valence-electron chi connectivity index (χ2n) is 4.11. The number of carbonyl (C=O) groups is 1. The smallest absolute Gasteiger partial charge is 0.263 e. The van der Waals surface area contributed by atoms with Crippen molar-refractivity contribution in [1.29, 1.82) is 0 Å². The van der Waals surface area contributed by atoms with Gasteiger partial charge in [0.1, 0.15) is 5.38 Å². The molecule has 1 fully saturated rings. The fourth-order valence-electron chi connectivity index (χ4n) is 1.46. The quantitative estimate of drug-likeness (QED) is 0.827. The van der Waals surface area contributed by atoms with Crippen molar-refractivity contribution in [3.05, 3.63) is 35.4 Å². The predicted octanol–water partition coefficient (Wildman–Crippen LogP) is 3.18. The van der Waals surface area contributed by atoms with Crippen LogP contribution in [0.4, 0.5) is 8.78 Å². The first-order valence-corrected chi connectivity index (χ1v) is 5.84. The minimum atomic E-state index is -2.50. The highest BCUT2D eigenvalue weighted by Crippen LogP contribution is 2.26. The molecule has 1 unspecified atom stereocenters. The lowest BCUT2D eigenvalue weighted by Crippen LogP contribution is -2.28. The van der Waals surface area contributed by atoms with Gasteiger partial charge in [0, 0.05) is 11.6 Å². The lowest BCUT2D eigenvalue weighted by Gasteiger charge is -2.10. The van der Waals surface area contributed by atoms with Gasteiger partial charge in [-0.15, -0.1) is 11.6 Å². The highest BCUT2D eigenvalue weighted by atomic mass is 35.5. The second kappa shape index (κ2) is 5.00. The topological polar surface area (TPSA) is 29.1 Å². The van der Waals surface area contributed by atoms with Crippen molar-refractivity contribution in [3.63, 3.8) is 0 Å². The van der Waals surface area contributed by atoms with Crippen LogP contribution in [0.2, 0.25) is 0 Å². The van der Waals surface area contributed by atoms with E-state index in [1.807, 2.05) is 0 Å². The fraction of sp³-hybridized carbons (Fsp3) is 0.417. The zero-order valence-corrected chi connectivity index (χ0v) is 9.75. The summed E-state index contributed by atoms with van der Waals surface area (Å²) in [5.74, 6) is -0.265. The average Bonchev–Trinajstić information content (AvgIpc) is 3.12. The third kappa shape index (κ3) is 3.16. The van der Waals surface area contributed by atoms with E-state index in [4.69, 9.17) is 11.6 Å². The Morgan fingerprint density at radius 2 is 1.76 bits per heavy atom. The van der Waals surface area contributed by atoms with Crippen molar-refractivity contribution in [2.75, 3.05) is 0 Å². The Morgan fingerprint density at radius 3 is 2.24 bits per heavy atom. The molecule has 0 saturated heterocycles. The maximum Gasteiger partial charge on any atom is 0.263 e. The SMILES string of the molecule is O=C(NC1CC1)C(Cl)c1ccc(C(F)F)cc1. The summed E-state index contributed by atoms with van der Waals surface area (Å²) >= 11 is 5.96. The van der Waals surface area contributed by atoms with E-state index in [9.17, 15) is 13.6 Å². The van der Waals surface area contributed by atoms with Crippen LogP contribution in [0.3, 0.4) is 0 Å². The van der Waals surface area contributed by atoms with Gasteiger partial charge in [-0.3, -0.25) is 4.79 Å². The summed E-state index contributed by atoms with van der Waals surface area (Å²) in [6, 6.07) is 5.75. The van der Waals surface area contributed by atoms with Gasteiger partial charge in [-0.2, -0.15) is 0 Å². The van der Waals surface area contributed by atoms with Gasteiger partial charge >= 0.3 is 0 Å². The van der Waals surface area contributed by atoms with Crippen molar-refractivity contribution >= 4 is 17.5 Å². The van der Waals surface area contributed by atoms with E-state index in [0.717, 1.165) is 12.8 Å². The maximum absolute atomic E-state index is 12.3. The van der Waals surface area contributed by atoms with Gasteiger partial charge in [0.2, 0.25) is 5.91 Å². The molecule has 1 aromatic rings.